The van der Waals surface area contributed by atoms with Crippen LogP contribution < -0.4 is 5.73 Å². The lowest BCUT2D eigenvalue weighted by atomic mass is 10.1. The molecule has 0 amide bonds. The van der Waals surface area contributed by atoms with E-state index >= 15 is 0 Å². The Labute approximate surface area is 79.7 Å². The lowest BCUT2D eigenvalue weighted by molar-refractivity contribution is 0.646. The molecule has 0 aliphatic rings. The van der Waals surface area contributed by atoms with Crippen molar-refractivity contribution in [2.45, 2.75) is 25.8 Å². The number of halogens is 1. The molecule has 1 aromatic rings. The van der Waals surface area contributed by atoms with Gasteiger partial charge in [-0.1, -0.05) is 13.3 Å². The summed E-state index contributed by atoms with van der Waals surface area (Å²) in [5, 5.41) is 2.06. The zero-order valence-corrected chi connectivity index (χ0v) is 8.91. The molecule has 11 heavy (non-hydrogen) atoms. The van der Waals surface area contributed by atoms with Crippen LogP contribution in [0.25, 0.3) is 0 Å². The second-order valence-corrected chi connectivity index (χ2v) is 4.33. The molecule has 2 N–H and O–H groups in total. The van der Waals surface area contributed by atoms with Crippen molar-refractivity contribution in [2.24, 2.45) is 5.73 Å². The zero-order valence-electron chi connectivity index (χ0n) is 6.51. The van der Waals surface area contributed by atoms with E-state index in [-0.39, 0.29) is 6.04 Å². The topological polar surface area (TPSA) is 26.0 Å². The lowest BCUT2D eigenvalue weighted by Gasteiger charge is -2.07. The van der Waals surface area contributed by atoms with Crippen LogP contribution >= 0.6 is 27.3 Å². The molecule has 1 rings (SSSR count). The van der Waals surface area contributed by atoms with Gasteiger partial charge in [0.1, 0.15) is 0 Å². The van der Waals surface area contributed by atoms with Gasteiger partial charge >= 0.3 is 0 Å². The quantitative estimate of drug-likeness (QED) is 0.853. The third-order valence-electron chi connectivity index (χ3n) is 1.58. The number of rotatable bonds is 3. The molecule has 0 radical (unpaired) electrons. The summed E-state index contributed by atoms with van der Waals surface area (Å²) in [7, 11) is 0. The fourth-order valence-corrected chi connectivity index (χ4v) is 2.72. The Kier molecular flexibility index (Phi) is 3.55. The molecule has 62 valence electrons. The van der Waals surface area contributed by atoms with Crippen LogP contribution in [0, 0.1) is 0 Å². The SMILES string of the molecule is CCCC(N)c1sccc1Br. The van der Waals surface area contributed by atoms with E-state index in [1.54, 1.807) is 11.3 Å². The van der Waals surface area contributed by atoms with E-state index < -0.39 is 0 Å². The zero-order chi connectivity index (χ0) is 8.27. The second kappa shape index (κ2) is 4.24. The smallest absolute Gasteiger partial charge is 0.0401 e. The molecule has 1 unspecified atom stereocenters. The van der Waals surface area contributed by atoms with Crippen molar-refractivity contribution in [3.05, 3.63) is 20.8 Å². The van der Waals surface area contributed by atoms with Crippen LogP contribution in [-0.2, 0) is 0 Å². The summed E-state index contributed by atoms with van der Waals surface area (Å²) in [4.78, 5) is 1.27. The molecule has 0 aromatic carbocycles. The van der Waals surface area contributed by atoms with Gasteiger partial charge in [0.15, 0.2) is 0 Å². The van der Waals surface area contributed by atoms with Gasteiger partial charge in [0.25, 0.3) is 0 Å². The molecule has 0 bridgehead atoms. The minimum atomic E-state index is 0.217. The van der Waals surface area contributed by atoms with Crippen LogP contribution in [0.4, 0.5) is 0 Å². The molecular weight excluding hydrogens is 222 g/mol. The number of thiophene rings is 1. The monoisotopic (exact) mass is 233 g/mol. The Balaban J connectivity index is 2.67. The summed E-state index contributed by atoms with van der Waals surface area (Å²) in [6.45, 7) is 2.15. The fourth-order valence-electron chi connectivity index (χ4n) is 1.01. The Hall–Kier alpha value is 0.140. The summed E-state index contributed by atoms with van der Waals surface area (Å²) in [6.07, 6.45) is 2.21. The molecule has 0 saturated heterocycles. The highest BCUT2D eigenvalue weighted by atomic mass is 79.9. The summed E-state index contributed by atoms with van der Waals surface area (Å²) in [6, 6.07) is 2.27. The van der Waals surface area contributed by atoms with E-state index in [0.29, 0.717) is 0 Å². The first kappa shape index (κ1) is 9.23. The van der Waals surface area contributed by atoms with Crippen molar-refractivity contribution in [1.29, 1.82) is 0 Å². The highest BCUT2D eigenvalue weighted by molar-refractivity contribution is 9.10. The van der Waals surface area contributed by atoms with E-state index in [1.165, 1.54) is 4.88 Å². The minimum absolute atomic E-state index is 0.217. The van der Waals surface area contributed by atoms with Crippen LogP contribution in [0.5, 0.6) is 0 Å². The molecule has 0 aliphatic heterocycles. The van der Waals surface area contributed by atoms with Crippen LogP contribution in [0.15, 0.2) is 15.9 Å². The first-order chi connectivity index (χ1) is 5.25. The Bertz CT molecular complexity index is 222. The van der Waals surface area contributed by atoms with Gasteiger partial charge < -0.3 is 5.73 Å². The molecule has 1 aromatic heterocycles. The highest BCUT2D eigenvalue weighted by Gasteiger charge is 2.09. The van der Waals surface area contributed by atoms with Gasteiger partial charge in [0.2, 0.25) is 0 Å². The van der Waals surface area contributed by atoms with Gasteiger partial charge in [-0.05, 0) is 33.8 Å². The van der Waals surface area contributed by atoms with Crippen LogP contribution in [0.2, 0.25) is 0 Å². The molecule has 0 spiro atoms. The van der Waals surface area contributed by atoms with E-state index in [4.69, 9.17) is 5.73 Å². The van der Waals surface area contributed by atoms with Gasteiger partial charge in [0, 0.05) is 15.4 Å². The maximum atomic E-state index is 5.93. The van der Waals surface area contributed by atoms with Gasteiger partial charge in [-0.3, -0.25) is 0 Å². The third kappa shape index (κ3) is 2.29. The average molecular weight is 234 g/mol. The van der Waals surface area contributed by atoms with Crippen molar-refractivity contribution in [1.82, 2.24) is 0 Å². The fraction of sp³-hybridized carbons (Fsp3) is 0.500. The summed E-state index contributed by atoms with van der Waals surface area (Å²) < 4.78 is 1.16. The minimum Gasteiger partial charge on any atom is -0.323 e. The predicted molar refractivity (Wildman–Crippen MR) is 53.9 cm³/mol. The molecule has 1 atom stereocenters. The lowest BCUT2D eigenvalue weighted by Crippen LogP contribution is -2.07. The van der Waals surface area contributed by atoms with E-state index in [0.717, 1.165) is 17.3 Å². The van der Waals surface area contributed by atoms with Crippen molar-refractivity contribution in [3.8, 4) is 0 Å². The van der Waals surface area contributed by atoms with Crippen LogP contribution in [-0.4, -0.2) is 0 Å². The Morgan fingerprint density at radius 3 is 2.91 bits per heavy atom. The molecule has 0 aliphatic carbocycles. The molecule has 1 heterocycles. The van der Waals surface area contributed by atoms with Crippen molar-refractivity contribution >= 4 is 27.3 Å². The van der Waals surface area contributed by atoms with Crippen molar-refractivity contribution < 1.29 is 0 Å². The number of nitrogens with two attached hydrogens (primary N) is 1. The molecule has 0 fully saturated rings. The van der Waals surface area contributed by atoms with Gasteiger partial charge in [-0.2, -0.15) is 0 Å². The first-order valence-electron chi connectivity index (χ1n) is 3.74. The second-order valence-electron chi connectivity index (χ2n) is 2.53. The van der Waals surface area contributed by atoms with E-state index in [9.17, 15) is 0 Å². The maximum Gasteiger partial charge on any atom is 0.0401 e. The largest absolute Gasteiger partial charge is 0.323 e. The van der Waals surface area contributed by atoms with Gasteiger partial charge in [-0.25, -0.2) is 0 Å². The van der Waals surface area contributed by atoms with E-state index in [2.05, 4.69) is 34.3 Å². The number of hydrogen-bond donors (Lipinski definition) is 1. The van der Waals surface area contributed by atoms with Gasteiger partial charge in [-0.15, -0.1) is 11.3 Å². The first-order valence-corrected chi connectivity index (χ1v) is 5.41. The Morgan fingerprint density at radius 2 is 2.45 bits per heavy atom. The summed E-state index contributed by atoms with van der Waals surface area (Å²) in [5.41, 5.74) is 5.93. The van der Waals surface area contributed by atoms with Crippen molar-refractivity contribution in [3.63, 3.8) is 0 Å². The molecule has 3 heteroatoms. The van der Waals surface area contributed by atoms with Crippen LogP contribution in [0.1, 0.15) is 30.7 Å². The summed E-state index contributed by atoms with van der Waals surface area (Å²) in [5.74, 6) is 0. The maximum absolute atomic E-state index is 5.93. The van der Waals surface area contributed by atoms with Gasteiger partial charge in [0.05, 0.1) is 0 Å². The number of hydrogen-bond acceptors (Lipinski definition) is 2. The third-order valence-corrected chi connectivity index (χ3v) is 3.58. The normalized spacial score (nSPS) is 13.4. The molecular formula is C8H12BrNS. The average Bonchev–Trinajstić information content (AvgIpc) is 2.36. The highest BCUT2D eigenvalue weighted by Crippen LogP contribution is 2.29. The van der Waals surface area contributed by atoms with E-state index in [1.807, 2.05) is 0 Å². The predicted octanol–water partition coefficient (Wildman–Crippen LogP) is 3.31. The standard InChI is InChI=1S/C8H12BrNS/c1-2-3-7(10)8-6(9)4-5-11-8/h4-5,7H,2-3,10H2,1H3. The van der Waals surface area contributed by atoms with Crippen molar-refractivity contribution in [2.75, 3.05) is 0 Å². The van der Waals surface area contributed by atoms with Crippen LogP contribution in [0.3, 0.4) is 0 Å². The molecule has 0 saturated carbocycles. The summed E-state index contributed by atoms with van der Waals surface area (Å²) >= 11 is 5.19. The molecule has 1 nitrogen and oxygen atoms in total. The Morgan fingerprint density at radius 1 is 1.73 bits per heavy atom.